The molecule has 0 bridgehead atoms. The highest BCUT2D eigenvalue weighted by Crippen LogP contribution is 2.23. The predicted molar refractivity (Wildman–Crippen MR) is 66.3 cm³/mol. The van der Waals surface area contributed by atoms with Crippen LogP contribution in [0.2, 0.25) is 0 Å². The quantitative estimate of drug-likeness (QED) is 0.881. The van der Waals surface area contributed by atoms with E-state index >= 15 is 0 Å². The number of imidazole rings is 1. The first-order valence-electron chi connectivity index (χ1n) is 5.87. The zero-order valence-corrected chi connectivity index (χ0v) is 10.1. The number of nitrogens with zero attached hydrogens (tertiary/aromatic N) is 2. The first-order valence-corrected chi connectivity index (χ1v) is 5.87. The average Bonchev–Trinajstić information content (AvgIpc) is 2.74. The lowest BCUT2D eigenvalue weighted by Crippen LogP contribution is -2.06. The summed E-state index contributed by atoms with van der Waals surface area (Å²) in [7, 11) is 0. The molecule has 4 nitrogen and oxygen atoms in total. The Morgan fingerprint density at radius 1 is 1.41 bits per heavy atom. The zero-order valence-electron chi connectivity index (χ0n) is 10.1. The summed E-state index contributed by atoms with van der Waals surface area (Å²) in [6.45, 7) is 4.25. The highest BCUT2D eigenvalue weighted by Gasteiger charge is 2.12. The molecule has 1 aromatic carbocycles. The van der Waals surface area contributed by atoms with E-state index in [-0.39, 0.29) is 0 Å². The Balaban J connectivity index is 2.57. The predicted octanol–water partition coefficient (Wildman–Crippen LogP) is 3.10. The third-order valence-electron chi connectivity index (χ3n) is 3.16. The maximum Gasteiger partial charge on any atom is 0.335 e. The molecule has 0 aliphatic heterocycles. The van der Waals surface area contributed by atoms with Crippen LogP contribution in [-0.4, -0.2) is 20.6 Å². The number of carboxylic acids is 1. The summed E-state index contributed by atoms with van der Waals surface area (Å²) in [6.07, 6.45) is 3.83. The molecule has 1 N–H and O–H groups in total. The summed E-state index contributed by atoms with van der Waals surface area (Å²) < 4.78 is 2.07. The van der Waals surface area contributed by atoms with Gasteiger partial charge in [-0.1, -0.05) is 13.8 Å². The second-order valence-electron chi connectivity index (χ2n) is 4.13. The smallest absolute Gasteiger partial charge is 0.335 e. The Labute approximate surface area is 99.9 Å². The van der Waals surface area contributed by atoms with Crippen molar-refractivity contribution in [2.75, 3.05) is 0 Å². The van der Waals surface area contributed by atoms with Crippen molar-refractivity contribution in [1.29, 1.82) is 0 Å². The van der Waals surface area contributed by atoms with Gasteiger partial charge in [0.05, 0.1) is 22.9 Å². The topological polar surface area (TPSA) is 55.1 Å². The fraction of sp³-hybridized carbons (Fsp3) is 0.385. The van der Waals surface area contributed by atoms with Crippen molar-refractivity contribution < 1.29 is 9.90 Å². The standard InChI is InChI=1S/C13H16N2O2/c1-3-10(4-2)15-8-14-11-6-5-9(13(16)17)7-12(11)15/h5-8,10H,3-4H2,1-2H3,(H,16,17). The highest BCUT2D eigenvalue weighted by atomic mass is 16.4. The van der Waals surface area contributed by atoms with Crippen LogP contribution >= 0.6 is 0 Å². The molecule has 0 fully saturated rings. The van der Waals surface area contributed by atoms with Crippen LogP contribution in [0.5, 0.6) is 0 Å². The number of aromatic nitrogens is 2. The van der Waals surface area contributed by atoms with Gasteiger partial charge in [-0.15, -0.1) is 0 Å². The number of carboxylic acid groups (broad SMARTS) is 1. The minimum absolute atomic E-state index is 0.310. The van der Waals surface area contributed by atoms with Gasteiger partial charge < -0.3 is 9.67 Å². The molecule has 0 amide bonds. The molecule has 1 aromatic heterocycles. The fourth-order valence-electron chi connectivity index (χ4n) is 2.13. The highest BCUT2D eigenvalue weighted by molar-refractivity contribution is 5.92. The van der Waals surface area contributed by atoms with Crippen molar-refractivity contribution in [1.82, 2.24) is 9.55 Å². The van der Waals surface area contributed by atoms with E-state index < -0.39 is 5.97 Å². The van der Waals surface area contributed by atoms with Crippen LogP contribution in [0.3, 0.4) is 0 Å². The van der Waals surface area contributed by atoms with E-state index in [1.165, 1.54) is 0 Å². The molecule has 0 unspecified atom stereocenters. The SMILES string of the molecule is CCC(CC)n1cnc2ccc(C(=O)O)cc21. The number of fused-ring (bicyclic) bond motifs is 1. The van der Waals surface area contributed by atoms with Gasteiger partial charge in [-0.3, -0.25) is 0 Å². The van der Waals surface area contributed by atoms with Crippen LogP contribution in [0.25, 0.3) is 11.0 Å². The second kappa shape index (κ2) is 4.57. The molecule has 4 heteroatoms. The van der Waals surface area contributed by atoms with Gasteiger partial charge in [0, 0.05) is 6.04 Å². The number of benzene rings is 1. The van der Waals surface area contributed by atoms with Gasteiger partial charge in [0.15, 0.2) is 0 Å². The molecule has 2 aromatic rings. The van der Waals surface area contributed by atoms with Crippen molar-refractivity contribution in [3.05, 3.63) is 30.1 Å². The summed E-state index contributed by atoms with van der Waals surface area (Å²) >= 11 is 0. The van der Waals surface area contributed by atoms with E-state index in [1.807, 2.05) is 0 Å². The first-order chi connectivity index (χ1) is 8.17. The third kappa shape index (κ3) is 2.02. The maximum atomic E-state index is 11.0. The van der Waals surface area contributed by atoms with Crippen molar-refractivity contribution in [3.63, 3.8) is 0 Å². The lowest BCUT2D eigenvalue weighted by molar-refractivity contribution is 0.0697. The average molecular weight is 232 g/mol. The van der Waals surface area contributed by atoms with Gasteiger partial charge >= 0.3 is 5.97 Å². The summed E-state index contributed by atoms with van der Waals surface area (Å²) in [5.74, 6) is -0.899. The number of rotatable bonds is 4. The maximum absolute atomic E-state index is 11.0. The molecule has 0 aliphatic rings. The van der Waals surface area contributed by atoms with Crippen molar-refractivity contribution in [3.8, 4) is 0 Å². The monoisotopic (exact) mass is 232 g/mol. The van der Waals surface area contributed by atoms with Crippen molar-refractivity contribution in [2.45, 2.75) is 32.7 Å². The van der Waals surface area contributed by atoms with Gasteiger partial charge in [-0.2, -0.15) is 0 Å². The molecule has 2 rings (SSSR count). The van der Waals surface area contributed by atoms with Gasteiger partial charge in [-0.25, -0.2) is 9.78 Å². The molecular formula is C13H16N2O2. The first kappa shape index (κ1) is 11.6. The third-order valence-corrected chi connectivity index (χ3v) is 3.16. The number of hydrogen-bond donors (Lipinski definition) is 1. The van der Waals surface area contributed by atoms with Crippen LogP contribution in [0.1, 0.15) is 43.1 Å². The van der Waals surface area contributed by atoms with E-state index in [2.05, 4.69) is 23.4 Å². The minimum Gasteiger partial charge on any atom is -0.478 e. The zero-order chi connectivity index (χ0) is 12.4. The fourth-order valence-corrected chi connectivity index (χ4v) is 2.13. The molecule has 0 atom stereocenters. The Hall–Kier alpha value is -1.84. The van der Waals surface area contributed by atoms with E-state index in [9.17, 15) is 4.79 Å². The van der Waals surface area contributed by atoms with Crippen molar-refractivity contribution in [2.24, 2.45) is 0 Å². The molecular weight excluding hydrogens is 216 g/mol. The Kier molecular flexibility index (Phi) is 3.13. The Bertz CT molecular complexity index is 541. The summed E-state index contributed by atoms with van der Waals surface area (Å²) in [4.78, 5) is 15.3. The van der Waals surface area contributed by atoms with Crippen LogP contribution in [0, 0.1) is 0 Å². The molecule has 0 spiro atoms. The van der Waals surface area contributed by atoms with Crippen LogP contribution in [0.4, 0.5) is 0 Å². The largest absolute Gasteiger partial charge is 0.478 e. The lowest BCUT2D eigenvalue weighted by atomic mass is 10.1. The molecule has 0 saturated heterocycles. The van der Waals surface area contributed by atoms with Gasteiger partial charge in [0.2, 0.25) is 0 Å². The van der Waals surface area contributed by atoms with Crippen LogP contribution in [0.15, 0.2) is 24.5 Å². The summed E-state index contributed by atoms with van der Waals surface area (Å²) in [6, 6.07) is 5.43. The second-order valence-corrected chi connectivity index (χ2v) is 4.13. The summed E-state index contributed by atoms with van der Waals surface area (Å²) in [5.41, 5.74) is 2.06. The molecule has 1 heterocycles. The summed E-state index contributed by atoms with van der Waals surface area (Å²) in [5, 5.41) is 9.00. The molecule has 90 valence electrons. The molecule has 0 aliphatic carbocycles. The van der Waals surface area contributed by atoms with Gasteiger partial charge in [0.1, 0.15) is 0 Å². The molecule has 0 radical (unpaired) electrons. The van der Waals surface area contributed by atoms with Crippen molar-refractivity contribution >= 4 is 17.0 Å². The molecule has 17 heavy (non-hydrogen) atoms. The number of aromatic carboxylic acids is 1. The lowest BCUT2D eigenvalue weighted by Gasteiger charge is -2.15. The van der Waals surface area contributed by atoms with Crippen LogP contribution < -0.4 is 0 Å². The van der Waals surface area contributed by atoms with E-state index in [1.54, 1.807) is 24.5 Å². The van der Waals surface area contributed by atoms with E-state index in [0.29, 0.717) is 11.6 Å². The van der Waals surface area contributed by atoms with Gasteiger partial charge in [0.25, 0.3) is 0 Å². The normalized spacial score (nSPS) is 11.2. The Morgan fingerprint density at radius 2 is 2.12 bits per heavy atom. The van der Waals surface area contributed by atoms with E-state index in [0.717, 1.165) is 23.9 Å². The van der Waals surface area contributed by atoms with E-state index in [4.69, 9.17) is 5.11 Å². The number of carbonyl (C=O) groups is 1. The minimum atomic E-state index is -0.899. The van der Waals surface area contributed by atoms with Crippen LogP contribution in [-0.2, 0) is 0 Å². The Morgan fingerprint density at radius 3 is 2.71 bits per heavy atom. The number of hydrogen-bond acceptors (Lipinski definition) is 2. The molecule has 0 saturated carbocycles. The van der Waals surface area contributed by atoms with Gasteiger partial charge in [-0.05, 0) is 31.0 Å².